The van der Waals surface area contributed by atoms with Crippen LogP contribution in [-0.2, 0) is 9.53 Å². The third-order valence-corrected chi connectivity index (χ3v) is 2.34. The number of hydrogen-bond acceptors (Lipinski definition) is 4. The highest BCUT2D eigenvalue weighted by Crippen LogP contribution is 2.19. The maximum absolute atomic E-state index is 11.5. The Hall–Kier alpha value is -2.46. The fourth-order valence-electron chi connectivity index (χ4n) is 1.46. The van der Waals surface area contributed by atoms with Crippen molar-refractivity contribution in [2.24, 2.45) is 5.11 Å². The Morgan fingerprint density at radius 1 is 1.42 bits per heavy atom. The topological polar surface area (TPSA) is 84.3 Å². The molecule has 0 atom stereocenters. The van der Waals surface area contributed by atoms with E-state index in [1.807, 2.05) is 0 Å². The van der Waals surface area contributed by atoms with Crippen LogP contribution in [0.1, 0.15) is 12.5 Å². The molecule has 0 aromatic heterocycles. The van der Waals surface area contributed by atoms with Crippen LogP contribution in [0.15, 0.2) is 35.5 Å². The highest BCUT2D eigenvalue weighted by atomic mass is 16.5. The lowest BCUT2D eigenvalue weighted by atomic mass is 10.1. The van der Waals surface area contributed by atoms with Crippen LogP contribution in [0.4, 0.5) is 0 Å². The summed E-state index contributed by atoms with van der Waals surface area (Å²) in [6.07, 6.45) is 1.33. The molecule has 0 unspecified atom stereocenters. The van der Waals surface area contributed by atoms with Crippen molar-refractivity contribution in [2.75, 3.05) is 20.3 Å². The molecule has 100 valence electrons. The Bertz CT molecular complexity index is 502. The summed E-state index contributed by atoms with van der Waals surface area (Å²) in [7, 11) is 1.57. The molecule has 0 fully saturated rings. The lowest BCUT2D eigenvalue weighted by Crippen LogP contribution is -2.02. The van der Waals surface area contributed by atoms with Crippen LogP contribution >= 0.6 is 0 Å². The van der Waals surface area contributed by atoms with Crippen molar-refractivity contribution in [2.45, 2.75) is 6.92 Å². The van der Waals surface area contributed by atoms with Gasteiger partial charge in [-0.3, -0.25) is 0 Å². The molecule has 0 amide bonds. The Kier molecular flexibility index (Phi) is 5.98. The number of azide groups is 1. The van der Waals surface area contributed by atoms with Crippen molar-refractivity contribution in [1.29, 1.82) is 0 Å². The number of methoxy groups -OCH3 is 1. The van der Waals surface area contributed by atoms with E-state index in [2.05, 4.69) is 10.0 Å². The van der Waals surface area contributed by atoms with Crippen LogP contribution < -0.4 is 4.74 Å². The summed E-state index contributed by atoms with van der Waals surface area (Å²) in [4.78, 5) is 14.2. The van der Waals surface area contributed by atoms with Crippen LogP contribution in [0.2, 0.25) is 0 Å². The Morgan fingerprint density at radius 3 is 2.63 bits per heavy atom. The second-order valence-corrected chi connectivity index (χ2v) is 3.54. The largest absolute Gasteiger partial charge is 0.497 e. The predicted octanol–water partition coefficient (Wildman–Crippen LogP) is 2.95. The van der Waals surface area contributed by atoms with Gasteiger partial charge in [-0.05, 0) is 35.7 Å². The van der Waals surface area contributed by atoms with Gasteiger partial charge in [0.1, 0.15) is 5.75 Å². The lowest BCUT2D eigenvalue weighted by molar-refractivity contribution is -0.137. The van der Waals surface area contributed by atoms with E-state index in [-0.39, 0.29) is 6.54 Å². The van der Waals surface area contributed by atoms with E-state index in [0.717, 1.165) is 5.56 Å². The molecule has 0 bridgehead atoms. The molecular formula is C13H15N3O3. The molecule has 1 aromatic carbocycles. The Balaban J connectivity index is 3.00. The first-order chi connectivity index (χ1) is 9.21. The van der Waals surface area contributed by atoms with Crippen molar-refractivity contribution in [1.82, 2.24) is 0 Å². The van der Waals surface area contributed by atoms with Crippen LogP contribution in [0.25, 0.3) is 16.0 Å². The van der Waals surface area contributed by atoms with E-state index in [0.29, 0.717) is 17.9 Å². The van der Waals surface area contributed by atoms with Crippen molar-refractivity contribution in [3.05, 3.63) is 46.3 Å². The Morgan fingerprint density at radius 2 is 2.11 bits per heavy atom. The monoisotopic (exact) mass is 261 g/mol. The number of carbonyl (C=O) groups excluding carboxylic acids is 1. The number of benzene rings is 1. The number of rotatable bonds is 6. The molecular weight excluding hydrogens is 246 g/mol. The molecule has 0 spiro atoms. The lowest BCUT2D eigenvalue weighted by Gasteiger charge is -2.06. The molecule has 0 aliphatic heterocycles. The van der Waals surface area contributed by atoms with Gasteiger partial charge >= 0.3 is 5.97 Å². The molecule has 0 N–H and O–H groups in total. The third kappa shape index (κ3) is 4.73. The molecule has 0 aliphatic carbocycles. The zero-order valence-electron chi connectivity index (χ0n) is 10.9. The summed E-state index contributed by atoms with van der Waals surface area (Å²) in [5, 5.41) is 3.48. The summed E-state index contributed by atoms with van der Waals surface area (Å²) in [6, 6.07) is 7.11. The van der Waals surface area contributed by atoms with Gasteiger partial charge in [0.2, 0.25) is 0 Å². The van der Waals surface area contributed by atoms with E-state index in [1.54, 1.807) is 38.3 Å². The summed E-state index contributed by atoms with van der Waals surface area (Å²) < 4.78 is 9.90. The van der Waals surface area contributed by atoms with Crippen molar-refractivity contribution >= 4 is 11.5 Å². The minimum atomic E-state index is -0.457. The van der Waals surface area contributed by atoms with Gasteiger partial charge in [0, 0.05) is 11.0 Å². The molecule has 0 saturated heterocycles. The van der Waals surface area contributed by atoms with Crippen LogP contribution in [0.5, 0.6) is 5.75 Å². The smallest absolute Gasteiger partial charge is 0.331 e. The van der Waals surface area contributed by atoms with Gasteiger partial charge in [-0.15, -0.1) is 0 Å². The summed E-state index contributed by atoms with van der Waals surface area (Å²) >= 11 is 0. The first-order valence-corrected chi connectivity index (χ1v) is 5.73. The summed E-state index contributed by atoms with van der Waals surface area (Å²) in [5.41, 5.74) is 9.75. The summed E-state index contributed by atoms with van der Waals surface area (Å²) in [6.45, 7) is 2.11. The van der Waals surface area contributed by atoms with E-state index in [9.17, 15) is 4.79 Å². The van der Waals surface area contributed by atoms with Gasteiger partial charge in [-0.2, -0.15) is 0 Å². The van der Waals surface area contributed by atoms with Gasteiger partial charge in [0.05, 0.1) is 20.3 Å². The van der Waals surface area contributed by atoms with E-state index in [4.69, 9.17) is 15.0 Å². The van der Waals surface area contributed by atoms with Crippen LogP contribution in [0.3, 0.4) is 0 Å². The van der Waals surface area contributed by atoms with E-state index in [1.165, 1.54) is 6.08 Å². The fourth-order valence-corrected chi connectivity index (χ4v) is 1.46. The highest BCUT2D eigenvalue weighted by Gasteiger charge is 2.05. The predicted molar refractivity (Wildman–Crippen MR) is 71.6 cm³/mol. The number of ether oxygens (including phenoxy) is 2. The molecule has 1 aromatic rings. The molecule has 0 heterocycles. The van der Waals surface area contributed by atoms with Gasteiger partial charge < -0.3 is 9.47 Å². The second kappa shape index (κ2) is 7.79. The zero-order chi connectivity index (χ0) is 14.1. The van der Waals surface area contributed by atoms with Gasteiger partial charge in [0.15, 0.2) is 0 Å². The van der Waals surface area contributed by atoms with Crippen LogP contribution in [-0.4, -0.2) is 26.2 Å². The summed E-state index contributed by atoms with van der Waals surface area (Å²) in [5.74, 6) is 0.254. The van der Waals surface area contributed by atoms with Gasteiger partial charge in [-0.1, -0.05) is 17.2 Å². The quantitative estimate of drug-likeness (QED) is 0.259. The minimum Gasteiger partial charge on any atom is -0.497 e. The highest BCUT2D eigenvalue weighted by molar-refractivity contribution is 5.91. The first kappa shape index (κ1) is 14.6. The first-order valence-electron chi connectivity index (χ1n) is 5.73. The van der Waals surface area contributed by atoms with E-state index >= 15 is 0 Å². The number of hydrogen-bond donors (Lipinski definition) is 0. The standard InChI is InChI=1S/C13H15N3O3/c1-3-19-13(17)8-11(9-15-16-14)10-4-6-12(18-2)7-5-10/h4-8H,3,9H2,1-2H3/b11-8+. The molecule has 19 heavy (non-hydrogen) atoms. The molecule has 0 saturated carbocycles. The van der Waals surface area contributed by atoms with Crippen molar-refractivity contribution in [3.63, 3.8) is 0 Å². The maximum Gasteiger partial charge on any atom is 0.331 e. The SMILES string of the molecule is CCOC(=O)/C=C(\CN=[N+]=[N-])c1ccc(OC)cc1. The number of nitrogens with zero attached hydrogens (tertiary/aromatic N) is 3. The second-order valence-electron chi connectivity index (χ2n) is 3.54. The van der Waals surface area contributed by atoms with Crippen molar-refractivity contribution < 1.29 is 14.3 Å². The molecule has 0 radical (unpaired) electrons. The fraction of sp³-hybridized carbons (Fsp3) is 0.308. The number of esters is 1. The normalized spacial score (nSPS) is 10.5. The third-order valence-electron chi connectivity index (χ3n) is 2.34. The molecule has 0 aliphatic rings. The molecule has 1 rings (SSSR count). The average Bonchev–Trinajstić information content (AvgIpc) is 2.44. The van der Waals surface area contributed by atoms with Crippen LogP contribution in [0, 0.1) is 0 Å². The number of carbonyl (C=O) groups is 1. The minimum absolute atomic E-state index is 0.0850. The average molecular weight is 261 g/mol. The van der Waals surface area contributed by atoms with Gasteiger partial charge in [0.25, 0.3) is 0 Å². The molecule has 6 nitrogen and oxygen atoms in total. The zero-order valence-corrected chi connectivity index (χ0v) is 10.9. The maximum atomic E-state index is 11.5. The van der Waals surface area contributed by atoms with E-state index < -0.39 is 5.97 Å². The Labute approximate surface area is 111 Å². The van der Waals surface area contributed by atoms with Gasteiger partial charge in [-0.25, -0.2) is 4.79 Å². The molecule has 6 heteroatoms. The van der Waals surface area contributed by atoms with Crippen molar-refractivity contribution in [3.8, 4) is 5.75 Å².